The summed E-state index contributed by atoms with van der Waals surface area (Å²) in [5.41, 5.74) is -6.36. The van der Waals surface area contributed by atoms with Crippen molar-refractivity contribution in [3.8, 4) is 11.1 Å². The first-order valence-electron chi connectivity index (χ1n) is 10.4. The molecule has 3 rings (SSSR count). The molecule has 12 heteroatoms. The highest BCUT2D eigenvalue weighted by Crippen LogP contribution is 2.43. The minimum atomic E-state index is -4.49. The van der Waals surface area contributed by atoms with Gasteiger partial charge in [0.25, 0.3) is 0 Å². The largest absolute Gasteiger partial charge is 0.416 e. The fraction of sp³-hybridized carbons (Fsp3) is 0.250. The molecule has 2 atom stereocenters. The molecule has 0 bridgehead atoms. The first kappa shape index (κ1) is 26.8. The number of aliphatic hydroxyl groups is 1. The van der Waals surface area contributed by atoms with E-state index in [0.717, 1.165) is 43.1 Å². The fourth-order valence-corrected chi connectivity index (χ4v) is 3.50. The van der Waals surface area contributed by atoms with Gasteiger partial charge in [-0.05, 0) is 59.7 Å². The molecule has 0 fully saturated rings. The number of allylic oxidation sites excluding steroid dienone is 4. The summed E-state index contributed by atoms with van der Waals surface area (Å²) in [6.07, 6.45) is -1.02. The van der Waals surface area contributed by atoms with E-state index in [1.807, 2.05) is 0 Å². The summed E-state index contributed by atoms with van der Waals surface area (Å²) in [7, 11) is 0. The first-order valence-corrected chi connectivity index (χ1v) is 10.4. The van der Waals surface area contributed by atoms with E-state index in [1.165, 1.54) is 30.5 Å². The lowest BCUT2D eigenvalue weighted by Crippen LogP contribution is -2.52. The van der Waals surface area contributed by atoms with Crippen LogP contribution in [0.25, 0.3) is 11.1 Å². The van der Waals surface area contributed by atoms with Gasteiger partial charge in [-0.3, -0.25) is 4.98 Å². The van der Waals surface area contributed by atoms with Gasteiger partial charge in [-0.25, -0.2) is 17.9 Å². The summed E-state index contributed by atoms with van der Waals surface area (Å²) in [5, 5.41) is 21.9. The van der Waals surface area contributed by atoms with Gasteiger partial charge in [0.1, 0.15) is 23.6 Å². The second kappa shape index (κ2) is 10.1. The topological polar surface area (TPSA) is 76.7 Å². The molecule has 1 N–H and O–H groups in total. The summed E-state index contributed by atoms with van der Waals surface area (Å²) in [4.78, 5) is 4.04. The number of aromatic nitrogens is 5. The van der Waals surface area contributed by atoms with E-state index in [9.17, 15) is 27.1 Å². The van der Waals surface area contributed by atoms with Gasteiger partial charge in [-0.15, -0.1) is 5.10 Å². The van der Waals surface area contributed by atoms with Gasteiger partial charge in [0, 0.05) is 17.8 Å². The zero-order valence-electron chi connectivity index (χ0n) is 19.1. The molecule has 36 heavy (non-hydrogen) atoms. The van der Waals surface area contributed by atoms with E-state index in [-0.39, 0.29) is 5.69 Å². The van der Waals surface area contributed by atoms with Gasteiger partial charge >= 0.3 is 6.18 Å². The zero-order chi connectivity index (χ0) is 26.7. The molecule has 2 unspecified atom stereocenters. The van der Waals surface area contributed by atoms with E-state index >= 15 is 4.39 Å². The van der Waals surface area contributed by atoms with E-state index in [0.29, 0.717) is 17.2 Å². The van der Waals surface area contributed by atoms with Crippen molar-refractivity contribution >= 4 is 0 Å². The molecule has 3 aromatic rings. The summed E-state index contributed by atoms with van der Waals surface area (Å²) >= 11 is 0. The Kier molecular flexibility index (Phi) is 7.48. The molecule has 0 spiro atoms. The molecular formula is C24H21F6N5O. The third-order valence-corrected chi connectivity index (χ3v) is 5.79. The molecule has 6 nitrogen and oxygen atoms in total. The Labute approximate surface area is 202 Å². The Morgan fingerprint density at radius 2 is 1.69 bits per heavy atom. The molecule has 0 radical (unpaired) electrons. The van der Waals surface area contributed by atoms with Gasteiger partial charge in [-0.1, -0.05) is 24.8 Å². The number of hydrogen-bond donors (Lipinski definition) is 1. The minimum Gasteiger partial charge on any atom is -0.380 e. The molecule has 190 valence electrons. The first-order chi connectivity index (χ1) is 16.8. The quantitative estimate of drug-likeness (QED) is 0.314. The van der Waals surface area contributed by atoms with E-state index in [4.69, 9.17) is 0 Å². The Morgan fingerprint density at radius 3 is 2.19 bits per heavy atom. The van der Waals surface area contributed by atoms with Crippen molar-refractivity contribution in [2.45, 2.75) is 37.8 Å². The molecule has 2 aromatic heterocycles. The Hall–Kier alpha value is -3.80. The highest BCUT2D eigenvalue weighted by atomic mass is 19.4. The highest BCUT2D eigenvalue weighted by molar-refractivity contribution is 5.63. The van der Waals surface area contributed by atoms with Crippen LogP contribution >= 0.6 is 0 Å². The van der Waals surface area contributed by atoms with Crippen molar-refractivity contribution in [1.29, 1.82) is 0 Å². The molecule has 0 amide bonds. The number of hydrogen-bond acceptors (Lipinski definition) is 5. The zero-order valence-corrected chi connectivity index (χ0v) is 19.1. The Bertz CT molecular complexity index is 1270. The number of nitrogens with zero attached hydrogens (tertiary/aromatic N) is 5. The molecule has 2 heterocycles. The van der Waals surface area contributed by atoms with Gasteiger partial charge in [0.15, 0.2) is 5.67 Å². The SMILES string of the molecule is C=C/C(F)=C\C(F)=C(/C)C(O)(Cn1cnnn1)C(C)(F)c1ccc(-c2ccc(C(F)(F)F)cc2)cn1. The summed E-state index contributed by atoms with van der Waals surface area (Å²) < 4.78 is 84.2. The number of halogens is 6. The average molecular weight is 509 g/mol. The lowest BCUT2D eigenvalue weighted by molar-refractivity contribution is -0.137. The van der Waals surface area contributed by atoms with Crippen LogP contribution in [0.2, 0.25) is 0 Å². The Balaban J connectivity index is 2.03. The van der Waals surface area contributed by atoms with Crippen LogP contribution in [-0.4, -0.2) is 35.9 Å². The van der Waals surface area contributed by atoms with Gasteiger partial charge < -0.3 is 5.11 Å². The smallest absolute Gasteiger partial charge is 0.380 e. The second-order valence-corrected chi connectivity index (χ2v) is 8.08. The lowest BCUT2D eigenvalue weighted by atomic mass is 9.77. The van der Waals surface area contributed by atoms with E-state index < -0.39 is 46.8 Å². The molecule has 0 saturated carbocycles. The number of rotatable bonds is 8. The van der Waals surface area contributed by atoms with Crippen LogP contribution in [0, 0.1) is 0 Å². The van der Waals surface area contributed by atoms with Crippen LogP contribution < -0.4 is 0 Å². The third-order valence-electron chi connectivity index (χ3n) is 5.79. The van der Waals surface area contributed by atoms with Crippen LogP contribution in [0.4, 0.5) is 26.3 Å². The summed E-state index contributed by atoms with van der Waals surface area (Å²) in [5.74, 6) is -2.29. The number of alkyl halides is 4. The Morgan fingerprint density at radius 1 is 1.06 bits per heavy atom. The second-order valence-electron chi connectivity index (χ2n) is 8.08. The maximum Gasteiger partial charge on any atom is 0.416 e. The third kappa shape index (κ3) is 5.38. The van der Waals surface area contributed by atoms with Gasteiger partial charge in [0.05, 0.1) is 17.8 Å². The average Bonchev–Trinajstić information content (AvgIpc) is 3.35. The van der Waals surface area contributed by atoms with Gasteiger partial charge in [-0.2, -0.15) is 13.2 Å². The highest BCUT2D eigenvalue weighted by Gasteiger charge is 2.53. The van der Waals surface area contributed by atoms with Crippen molar-refractivity contribution in [2.75, 3.05) is 0 Å². The minimum absolute atomic E-state index is 0.325. The maximum atomic E-state index is 16.4. The molecule has 0 aliphatic heterocycles. The lowest BCUT2D eigenvalue weighted by Gasteiger charge is -2.39. The van der Waals surface area contributed by atoms with E-state index in [2.05, 4.69) is 27.1 Å². The van der Waals surface area contributed by atoms with Crippen LogP contribution in [0.5, 0.6) is 0 Å². The number of tetrazole rings is 1. The van der Waals surface area contributed by atoms with Crippen molar-refractivity contribution in [2.24, 2.45) is 0 Å². The molecule has 0 saturated heterocycles. The van der Waals surface area contributed by atoms with Crippen molar-refractivity contribution in [3.63, 3.8) is 0 Å². The predicted octanol–water partition coefficient (Wildman–Crippen LogP) is 5.65. The standard InChI is InChI=1S/C24H21F6N5O/c1-4-19(25)11-20(26)15(2)23(36,13-35-14-32-33-34-35)22(3,27)21-10-7-17(12-31-21)16-5-8-18(9-6-16)24(28,29)30/h4-12,14,36H,1,13H2,2-3H3/b19-11+,20-15-. The van der Waals surface area contributed by atoms with Crippen LogP contribution in [0.3, 0.4) is 0 Å². The summed E-state index contributed by atoms with van der Waals surface area (Å²) in [6, 6.07) is 6.90. The predicted molar refractivity (Wildman–Crippen MR) is 119 cm³/mol. The maximum absolute atomic E-state index is 16.4. The monoisotopic (exact) mass is 509 g/mol. The number of pyridine rings is 1. The molecule has 1 aromatic carbocycles. The van der Waals surface area contributed by atoms with Crippen molar-refractivity contribution < 1.29 is 31.4 Å². The van der Waals surface area contributed by atoms with Crippen molar-refractivity contribution in [1.82, 2.24) is 25.2 Å². The van der Waals surface area contributed by atoms with Crippen LogP contribution in [-0.2, 0) is 18.4 Å². The van der Waals surface area contributed by atoms with Crippen LogP contribution in [0.1, 0.15) is 25.1 Å². The molecular weight excluding hydrogens is 488 g/mol. The fourth-order valence-electron chi connectivity index (χ4n) is 3.50. The summed E-state index contributed by atoms with van der Waals surface area (Å²) in [6.45, 7) is 4.57. The number of benzene rings is 1. The normalized spacial score (nSPS) is 16.6. The van der Waals surface area contributed by atoms with Crippen LogP contribution in [0.15, 0.2) is 84.9 Å². The molecule has 0 aliphatic rings. The van der Waals surface area contributed by atoms with Crippen molar-refractivity contribution in [3.05, 3.63) is 96.1 Å². The molecule has 0 aliphatic carbocycles. The van der Waals surface area contributed by atoms with E-state index in [1.54, 1.807) is 0 Å². The van der Waals surface area contributed by atoms with Gasteiger partial charge in [0.2, 0.25) is 0 Å².